The van der Waals surface area contributed by atoms with Crippen LogP contribution in [0, 0.1) is 40.9 Å². The highest BCUT2D eigenvalue weighted by Gasteiger charge is 2.65. The summed E-state index contributed by atoms with van der Waals surface area (Å²) < 4.78 is 0. The summed E-state index contributed by atoms with van der Waals surface area (Å²) in [5.74, 6) is 8.89. The van der Waals surface area contributed by atoms with Gasteiger partial charge in [0.1, 0.15) is 5.60 Å². The van der Waals surface area contributed by atoms with Crippen LogP contribution in [0.4, 0.5) is 5.69 Å². The first-order chi connectivity index (χ1) is 15.7. The lowest BCUT2D eigenvalue weighted by molar-refractivity contribution is -0.117. The van der Waals surface area contributed by atoms with E-state index in [0.29, 0.717) is 36.0 Å². The Hall–Kier alpha value is -1.57. The lowest BCUT2D eigenvalue weighted by atomic mass is 9.46. The number of hydrogen-bond acceptors (Lipinski definition) is 3. The Balaban J connectivity index is 1.62. The van der Waals surface area contributed by atoms with E-state index in [0.717, 1.165) is 32.1 Å². The Labute approximate surface area is 207 Å². The summed E-state index contributed by atoms with van der Waals surface area (Å²) in [6.07, 6.45) is 7.39. The largest absolute Gasteiger partial charge is 0.378 e. The normalized spacial score (nSPS) is 41.8. The highest BCUT2D eigenvalue weighted by atomic mass is 79.9. The molecule has 0 unspecified atom stereocenters. The second-order valence-corrected chi connectivity index (χ2v) is 12.4. The number of nitrogens with zero attached hydrogens (tertiary/aromatic N) is 1. The van der Waals surface area contributed by atoms with Crippen LogP contribution in [-0.2, 0) is 4.79 Å². The number of halogens is 1. The number of anilines is 1. The Morgan fingerprint density at radius 2 is 1.88 bits per heavy atom. The fraction of sp³-hybridized carbons (Fsp3) is 0.621. The molecular formula is C29H36BrNO2. The zero-order valence-electron chi connectivity index (χ0n) is 20.3. The van der Waals surface area contributed by atoms with Crippen LogP contribution in [0.2, 0.25) is 0 Å². The second-order valence-electron chi connectivity index (χ2n) is 11.3. The topological polar surface area (TPSA) is 40.5 Å². The van der Waals surface area contributed by atoms with Crippen molar-refractivity contribution < 1.29 is 9.90 Å². The number of aliphatic hydroxyl groups is 1. The lowest BCUT2D eigenvalue weighted by Crippen LogP contribution is -2.55. The highest BCUT2D eigenvalue weighted by Crippen LogP contribution is 2.68. The summed E-state index contributed by atoms with van der Waals surface area (Å²) in [5, 5.41) is 11.8. The molecule has 3 fully saturated rings. The van der Waals surface area contributed by atoms with Crippen LogP contribution in [0.15, 0.2) is 35.9 Å². The van der Waals surface area contributed by atoms with Gasteiger partial charge in [0.15, 0.2) is 5.78 Å². The van der Waals surface area contributed by atoms with Gasteiger partial charge in [0.05, 0.1) is 0 Å². The van der Waals surface area contributed by atoms with Gasteiger partial charge in [0.25, 0.3) is 0 Å². The third-order valence-electron chi connectivity index (χ3n) is 9.63. The summed E-state index contributed by atoms with van der Waals surface area (Å²) in [4.78, 5) is 14.7. The first-order valence-electron chi connectivity index (χ1n) is 12.5. The average Bonchev–Trinajstić information content (AvgIpc) is 3.04. The molecule has 0 radical (unpaired) electrons. The van der Waals surface area contributed by atoms with Crippen molar-refractivity contribution in [2.75, 3.05) is 19.0 Å². The van der Waals surface area contributed by atoms with Gasteiger partial charge in [0.2, 0.25) is 0 Å². The molecule has 5 rings (SSSR count). The van der Waals surface area contributed by atoms with Crippen LogP contribution in [-0.4, -0.2) is 35.4 Å². The number of rotatable bonds is 2. The summed E-state index contributed by atoms with van der Waals surface area (Å²) >= 11 is 3.98. The maximum absolute atomic E-state index is 12.3. The average molecular weight is 511 g/mol. The molecule has 0 bridgehead atoms. The standard InChI is InChI=1S/C29H36BrNO2/c1-5-13-29(33)14-12-25-23-16-26(30)22-15-20(32)10-11-21(22)27(23)24(17-28(25,29)2)18-6-8-19(9-7-18)31(3)4/h6-9,15,21,23-27,33H,10-12,14,16-17H2,1-4H3/t21-,23-,24+,25-,26+,27+,28-,29-/m0/s1. The minimum absolute atomic E-state index is 0.222. The zero-order valence-corrected chi connectivity index (χ0v) is 21.9. The minimum atomic E-state index is -0.917. The van der Waals surface area contributed by atoms with Crippen molar-refractivity contribution in [2.24, 2.45) is 29.1 Å². The van der Waals surface area contributed by atoms with Crippen molar-refractivity contribution in [3.63, 3.8) is 0 Å². The van der Waals surface area contributed by atoms with E-state index in [2.05, 4.69) is 78.0 Å². The fourth-order valence-electron chi connectivity index (χ4n) is 8.06. The SMILES string of the molecule is CC#C[C@]1(O)CC[C@H]2[C@@H]3C[C@@H](Br)C4=CC(=O)CC[C@@H]4[C@H]3[C@@H](c3ccc(N(C)C)cc3)C[C@@]21C. The molecule has 3 saturated carbocycles. The predicted octanol–water partition coefficient (Wildman–Crippen LogP) is 5.72. The van der Waals surface area contributed by atoms with E-state index >= 15 is 0 Å². The third kappa shape index (κ3) is 3.53. The quantitative estimate of drug-likeness (QED) is 0.409. The van der Waals surface area contributed by atoms with E-state index < -0.39 is 5.60 Å². The van der Waals surface area contributed by atoms with Crippen molar-refractivity contribution in [3.8, 4) is 11.8 Å². The molecule has 3 nitrogen and oxygen atoms in total. The number of ketones is 1. The van der Waals surface area contributed by atoms with Gasteiger partial charge in [-0.1, -0.05) is 40.9 Å². The first-order valence-corrected chi connectivity index (χ1v) is 13.4. The van der Waals surface area contributed by atoms with E-state index in [1.165, 1.54) is 16.8 Å². The molecule has 33 heavy (non-hydrogen) atoms. The number of carbonyl (C=O) groups excluding carboxylic acids is 1. The molecule has 1 aromatic rings. The number of hydrogen-bond donors (Lipinski definition) is 1. The highest BCUT2D eigenvalue weighted by molar-refractivity contribution is 9.09. The van der Waals surface area contributed by atoms with E-state index in [1.54, 1.807) is 0 Å². The van der Waals surface area contributed by atoms with Crippen LogP contribution >= 0.6 is 15.9 Å². The lowest BCUT2D eigenvalue weighted by Gasteiger charge is -2.59. The van der Waals surface area contributed by atoms with Crippen molar-refractivity contribution in [1.82, 2.24) is 0 Å². The number of benzene rings is 1. The monoisotopic (exact) mass is 509 g/mol. The second kappa shape index (κ2) is 8.28. The number of carbonyl (C=O) groups is 1. The van der Waals surface area contributed by atoms with Gasteiger partial charge in [-0.25, -0.2) is 0 Å². The molecule has 0 saturated heterocycles. The molecule has 0 heterocycles. The molecule has 0 amide bonds. The Kier molecular flexibility index (Phi) is 5.82. The molecule has 1 aromatic carbocycles. The van der Waals surface area contributed by atoms with Gasteiger partial charge < -0.3 is 10.0 Å². The van der Waals surface area contributed by atoms with Gasteiger partial charge >= 0.3 is 0 Å². The molecule has 0 aliphatic heterocycles. The van der Waals surface area contributed by atoms with Crippen LogP contribution in [0.3, 0.4) is 0 Å². The van der Waals surface area contributed by atoms with Crippen molar-refractivity contribution >= 4 is 27.4 Å². The maximum atomic E-state index is 12.3. The van der Waals surface area contributed by atoms with Crippen LogP contribution < -0.4 is 4.90 Å². The Morgan fingerprint density at radius 1 is 1.15 bits per heavy atom. The molecule has 0 aromatic heterocycles. The molecular weight excluding hydrogens is 474 g/mol. The van der Waals surface area contributed by atoms with Crippen molar-refractivity contribution in [2.45, 2.75) is 68.7 Å². The van der Waals surface area contributed by atoms with E-state index in [9.17, 15) is 9.90 Å². The molecule has 176 valence electrons. The van der Waals surface area contributed by atoms with Crippen molar-refractivity contribution in [1.29, 1.82) is 0 Å². The van der Waals surface area contributed by atoms with E-state index in [4.69, 9.17) is 0 Å². The Bertz CT molecular complexity index is 1030. The van der Waals surface area contributed by atoms with Gasteiger partial charge in [-0.15, -0.1) is 5.92 Å². The van der Waals surface area contributed by atoms with Gasteiger partial charge in [-0.05, 0) is 98.0 Å². The summed E-state index contributed by atoms with van der Waals surface area (Å²) in [5.41, 5.74) is 2.77. The molecule has 1 N–H and O–H groups in total. The zero-order chi connectivity index (χ0) is 23.5. The molecule has 4 aliphatic rings. The molecule has 8 atom stereocenters. The first kappa shape index (κ1) is 23.2. The van der Waals surface area contributed by atoms with Gasteiger partial charge in [0, 0.05) is 36.4 Å². The number of allylic oxidation sites excluding steroid dienone is 1. The van der Waals surface area contributed by atoms with Gasteiger partial charge in [-0.3, -0.25) is 4.79 Å². The molecule has 0 spiro atoms. The van der Waals surface area contributed by atoms with Crippen molar-refractivity contribution in [3.05, 3.63) is 41.5 Å². The smallest absolute Gasteiger partial charge is 0.155 e. The third-order valence-corrected chi connectivity index (χ3v) is 10.5. The number of alkyl halides is 1. The fourth-order valence-corrected chi connectivity index (χ4v) is 8.96. The summed E-state index contributed by atoms with van der Waals surface area (Å²) in [7, 11) is 4.15. The van der Waals surface area contributed by atoms with Crippen LogP contribution in [0.1, 0.15) is 63.9 Å². The van der Waals surface area contributed by atoms with E-state index in [-0.39, 0.29) is 16.0 Å². The maximum Gasteiger partial charge on any atom is 0.155 e. The van der Waals surface area contributed by atoms with Crippen LogP contribution in [0.25, 0.3) is 0 Å². The molecule has 4 heteroatoms. The predicted molar refractivity (Wildman–Crippen MR) is 137 cm³/mol. The van der Waals surface area contributed by atoms with Crippen LogP contribution in [0.5, 0.6) is 0 Å². The summed E-state index contributed by atoms with van der Waals surface area (Å²) in [6.45, 7) is 4.16. The summed E-state index contributed by atoms with van der Waals surface area (Å²) in [6, 6.07) is 9.06. The molecule has 4 aliphatic carbocycles. The Morgan fingerprint density at radius 3 is 2.55 bits per heavy atom. The minimum Gasteiger partial charge on any atom is -0.378 e. The van der Waals surface area contributed by atoms with E-state index in [1.807, 2.05) is 13.0 Å². The van der Waals surface area contributed by atoms with Gasteiger partial charge in [-0.2, -0.15) is 0 Å². The number of fused-ring (bicyclic) bond motifs is 5.